The van der Waals surface area contributed by atoms with Crippen molar-refractivity contribution >= 4 is 46.7 Å². The Bertz CT molecular complexity index is 1490. The molecule has 13 nitrogen and oxygen atoms in total. The van der Waals surface area contributed by atoms with Gasteiger partial charge in [-0.05, 0) is 78.8 Å². The van der Waals surface area contributed by atoms with Crippen molar-refractivity contribution in [3.05, 3.63) is 73.4 Å². The number of hydrogen-bond donors (Lipinski definition) is 2. The van der Waals surface area contributed by atoms with Gasteiger partial charge in [0.2, 0.25) is 29.5 Å². The van der Waals surface area contributed by atoms with Gasteiger partial charge in [-0.2, -0.15) is 0 Å². The Morgan fingerprint density at radius 2 is 0.952 bits per heavy atom. The smallest absolute Gasteiger partial charge is 0.228 e. The summed E-state index contributed by atoms with van der Waals surface area (Å²) in [5.41, 5.74) is 1.74. The molecule has 0 radical (unpaired) electrons. The Balaban J connectivity index is 0. The first-order valence-corrected chi connectivity index (χ1v) is 22.7. The number of amides is 5. The normalized spacial score (nSPS) is 10.2. The molecule has 0 aliphatic rings. The van der Waals surface area contributed by atoms with Gasteiger partial charge in [-0.15, -0.1) is 0 Å². The van der Waals surface area contributed by atoms with Crippen molar-refractivity contribution in [2.24, 2.45) is 29.6 Å². The van der Waals surface area contributed by atoms with Crippen LogP contribution in [0.4, 0.5) is 17.2 Å². The zero-order valence-corrected chi connectivity index (χ0v) is 41.6. The van der Waals surface area contributed by atoms with Crippen LogP contribution in [-0.4, -0.2) is 78.7 Å². The first-order chi connectivity index (χ1) is 29.7. The SMILES string of the molecule is CC(C)CC(=O)N(C)c1ccccn1.CC(C)CC(=O)N(C)c1cccnc1.CC(C)CC(=O)N(C)c1ccncc1.CCCCNC(=O)CC(C)C.CCCNC(=O)CC(C)C. The maximum absolute atomic E-state index is 11.7. The lowest BCUT2D eigenvalue weighted by atomic mass is 10.1. The number of nitrogens with zero attached hydrogens (tertiary/aromatic N) is 6. The summed E-state index contributed by atoms with van der Waals surface area (Å²) in [6.07, 6.45) is 14.7. The Labute approximate surface area is 381 Å². The molecule has 0 aromatic carbocycles. The van der Waals surface area contributed by atoms with E-state index in [1.165, 1.54) is 0 Å². The molecule has 0 saturated carbocycles. The summed E-state index contributed by atoms with van der Waals surface area (Å²) in [6, 6.07) is 12.9. The van der Waals surface area contributed by atoms with Gasteiger partial charge in [0.25, 0.3) is 0 Å². The van der Waals surface area contributed by atoms with Crippen LogP contribution in [0.5, 0.6) is 0 Å². The van der Waals surface area contributed by atoms with Gasteiger partial charge in [0, 0.05) is 96.8 Å². The van der Waals surface area contributed by atoms with Gasteiger partial charge in [-0.3, -0.25) is 38.8 Å². The van der Waals surface area contributed by atoms with Crippen molar-refractivity contribution in [1.82, 2.24) is 25.6 Å². The van der Waals surface area contributed by atoms with Gasteiger partial charge < -0.3 is 20.4 Å². The minimum atomic E-state index is 0.110. The molecule has 3 aromatic rings. The first-order valence-electron chi connectivity index (χ1n) is 22.7. The van der Waals surface area contributed by atoms with Crippen LogP contribution >= 0.6 is 0 Å². The average molecular weight is 877 g/mol. The average Bonchev–Trinajstić information content (AvgIpc) is 3.23. The quantitative estimate of drug-likeness (QED) is 0.120. The minimum Gasteiger partial charge on any atom is -0.356 e. The van der Waals surface area contributed by atoms with Crippen LogP contribution in [0.25, 0.3) is 0 Å². The highest BCUT2D eigenvalue weighted by molar-refractivity contribution is 5.93. The number of pyridine rings is 3. The third-order valence-electron chi connectivity index (χ3n) is 8.56. The standard InChI is InChI=1S/3C11H16N2O.C9H19NO.C8H17NO/c1-9(2)8-11(14)13(3)10-4-6-12-7-5-10;1-9(2)7-11(14)13(3)10-5-4-6-12-8-10;1-9(2)8-11(14)13(3)10-6-4-5-7-12-10;1-4-5-6-10-9(11)7-8(2)3;1-4-5-9-8(10)6-7(2)3/h4-7,9H,8H2,1-3H3;4-6,8-9H,7H2,1-3H3;4-7,9H,8H2,1-3H3;8H,4-7H2,1-3H3,(H,10,11);7H,4-6H2,1-3H3,(H,9,10). The summed E-state index contributed by atoms with van der Waals surface area (Å²) < 4.78 is 0. The van der Waals surface area contributed by atoms with E-state index in [0.29, 0.717) is 67.5 Å². The fourth-order valence-electron chi connectivity index (χ4n) is 5.10. The Hall–Kier alpha value is -5.20. The Morgan fingerprint density at radius 3 is 1.35 bits per heavy atom. The van der Waals surface area contributed by atoms with Gasteiger partial charge in [0.1, 0.15) is 5.82 Å². The van der Waals surface area contributed by atoms with Crippen molar-refractivity contribution in [3.63, 3.8) is 0 Å². The summed E-state index contributed by atoms with van der Waals surface area (Å²) in [5, 5.41) is 5.70. The van der Waals surface area contributed by atoms with Gasteiger partial charge in [0.15, 0.2) is 0 Å². The van der Waals surface area contributed by atoms with Crippen molar-refractivity contribution in [2.45, 2.75) is 134 Å². The van der Waals surface area contributed by atoms with Gasteiger partial charge >= 0.3 is 0 Å². The molecule has 3 aromatic heterocycles. The molecule has 0 unspecified atom stereocenters. The molecular weight excluding hydrogens is 793 g/mol. The molecule has 0 saturated heterocycles. The Kier molecular flexibility index (Phi) is 34.5. The number of hydrogen-bond acceptors (Lipinski definition) is 8. The lowest BCUT2D eigenvalue weighted by Crippen LogP contribution is -2.27. The highest BCUT2D eigenvalue weighted by Crippen LogP contribution is 2.14. The van der Waals surface area contributed by atoms with E-state index in [1.54, 1.807) is 66.8 Å². The fourth-order valence-corrected chi connectivity index (χ4v) is 5.10. The molecule has 3 rings (SSSR count). The van der Waals surface area contributed by atoms with E-state index >= 15 is 0 Å². The van der Waals surface area contributed by atoms with Crippen LogP contribution in [0.1, 0.15) is 134 Å². The number of nitrogens with one attached hydrogen (secondary N) is 2. The molecule has 0 bridgehead atoms. The number of aromatic nitrogens is 3. The van der Waals surface area contributed by atoms with Crippen molar-refractivity contribution in [1.29, 1.82) is 0 Å². The molecule has 0 fully saturated rings. The largest absolute Gasteiger partial charge is 0.356 e. The summed E-state index contributed by atoms with van der Waals surface area (Å²) >= 11 is 0. The van der Waals surface area contributed by atoms with Gasteiger partial charge in [-0.25, -0.2) is 4.98 Å². The van der Waals surface area contributed by atoms with E-state index < -0.39 is 0 Å². The molecule has 2 N–H and O–H groups in total. The highest BCUT2D eigenvalue weighted by Gasteiger charge is 2.14. The second kappa shape index (κ2) is 36.3. The number of carbonyl (C=O) groups excluding carboxylic acids is 5. The van der Waals surface area contributed by atoms with E-state index in [0.717, 1.165) is 43.7 Å². The van der Waals surface area contributed by atoms with Crippen molar-refractivity contribution in [3.8, 4) is 0 Å². The van der Waals surface area contributed by atoms with Crippen LogP contribution < -0.4 is 25.3 Å². The van der Waals surface area contributed by atoms with Crippen LogP contribution in [-0.2, 0) is 24.0 Å². The Morgan fingerprint density at radius 1 is 0.492 bits per heavy atom. The second-order valence-corrected chi connectivity index (χ2v) is 17.5. The number of anilines is 3. The predicted octanol–water partition coefficient (Wildman–Crippen LogP) is 9.78. The molecule has 0 spiro atoms. The van der Waals surface area contributed by atoms with E-state index in [1.807, 2.05) is 97.9 Å². The fraction of sp³-hybridized carbons (Fsp3) is 0.600. The summed E-state index contributed by atoms with van der Waals surface area (Å²) in [6.45, 7) is 26.2. The van der Waals surface area contributed by atoms with Gasteiger partial charge in [0.05, 0.1) is 11.9 Å². The summed E-state index contributed by atoms with van der Waals surface area (Å²) in [7, 11) is 5.33. The molecule has 0 atom stereocenters. The molecular formula is C50H84N8O5. The summed E-state index contributed by atoms with van der Waals surface area (Å²) in [5.74, 6) is 3.57. The first kappa shape index (κ1) is 59.9. The molecule has 0 aliphatic carbocycles. The third-order valence-corrected chi connectivity index (χ3v) is 8.56. The maximum Gasteiger partial charge on any atom is 0.228 e. The molecule has 354 valence electrons. The molecule has 5 amide bonds. The van der Waals surface area contributed by atoms with Crippen LogP contribution in [0, 0.1) is 29.6 Å². The van der Waals surface area contributed by atoms with E-state index in [2.05, 4.69) is 53.3 Å². The number of rotatable bonds is 18. The van der Waals surface area contributed by atoms with Crippen LogP contribution in [0.3, 0.4) is 0 Å². The maximum atomic E-state index is 11.7. The van der Waals surface area contributed by atoms with E-state index in [-0.39, 0.29) is 29.5 Å². The predicted molar refractivity (Wildman–Crippen MR) is 261 cm³/mol. The highest BCUT2D eigenvalue weighted by atomic mass is 16.2. The van der Waals surface area contributed by atoms with Crippen molar-refractivity contribution in [2.75, 3.05) is 48.9 Å². The molecule has 0 aliphatic heterocycles. The third kappa shape index (κ3) is 33.1. The molecule has 13 heteroatoms. The number of unbranched alkanes of at least 4 members (excludes halogenated alkanes) is 1. The lowest BCUT2D eigenvalue weighted by molar-refractivity contribution is -0.122. The monoisotopic (exact) mass is 877 g/mol. The van der Waals surface area contributed by atoms with E-state index in [9.17, 15) is 24.0 Å². The van der Waals surface area contributed by atoms with Crippen LogP contribution in [0.15, 0.2) is 73.4 Å². The van der Waals surface area contributed by atoms with Crippen LogP contribution in [0.2, 0.25) is 0 Å². The van der Waals surface area contributed by atoms with Gasteiger partial charge in [-0.1, -0.05) is 95.6 Å². The summed E-state index contributed by atoms with van der Waals surface area (Å²) in [4.78, 5) is 73.8. The molecule has 63 heavy (non-hydrogen) atoms. The second-order valence-electron chi connectivity index (χ2n) is 17.5. The molecule has 3 heterocycles. The topological polar surface area (TPSA) is 158 Å². The minimum absolute atomic E-state index is 0.110. The van der Waals surface area contributed by atoms with Crippen molar-refractivity contribution < 1.29 is 24.0 Å². The van der Waals surface area contributed by atoms with E-state index in [4.69, 9.17) is 0 Å². The zero-order chi connectivity index (χ0) is 48.3. The number of carbonyl (C=O) groups is 5. The lowest BCUT2D eigenvalue weighted by Gasteiger charge is -2.17. The zero-order valence-electron chi connectivity index (χ0n) is 41.6.